The average Bonchev–Trinajstić information content (AvgIpc) is 3.50. The molecule has 144 valence electrons. The van der Waals surface area contributed by atoms with Crippen molar-refractivity contribution < 1.29 is 9.90 Å². The van der Waals surface area contributed by atoms with Crippen molar-refractivity contribution in [3.63, 3.8) is 0 Å². The average molecular weight is 385 g/mol. The number of hydrogen-bond donors (Lipinski definition) is 3. The number of carbonyl (C=O) groups is 1. The van der Waals surface area contributed by atoms with Crippen LogP contribution in [0.25, 0.3) is 11.3 Å². The summed E-state index contributed by atoms with van der Waals surface area (Å²) >= 11 is 0. The minimum atomic E-state index is -0.781. The van der Waals surface area contributed by atoms with E-state index in [0.717, 1.165) is 11.1 Å². The van der Waals surface area contributed by atoms with Crippen molar-refractivity contribution in [3.05, 3.63) is 65.0 Å². The van der Waals surface area contributed by atoms with Crippen molar-refractivity contribution in [1.29, 1.82) is 0 Å². The molecule has 2 heterocycles. The Balaban J connectivity index is 1.74. The molecule has 0 spiro atoms. The van der Waals surface area contributed by atoms with E-state index in [1.54, 1.807) is 18.3 Å². The fourth-order valence-corrected chi connectivity index (χ4v) is 3.27. The molecule has 1 aliphatic rings. The smallest absolute Gasteiger partial charge is 0.314 e. The molecule has 29 heavy (non-hydrogen) atoms. The van der Waals surface area contributed by atoms with Gasteiger partial charge in [0.15, 0.2) is 0 Å². The highest BCUT2D eigenvalue weighted by Crippen LogP contribution is 2.48. The molecule has 0 amide bonds. The van der Waals surface area contributed by atoms with E-state index in [9.17, 15) is 9.90 Å². The highest BCUT2D eigenvalue weighted by molar-refractivity contribution is 5.85. The van der Waals surface area contributed by atoms with Crippen LogP contribution in [-0.4, -0.2) is 26.0 Å². The van der Waals surface area contributed by atoms with Crippen LogP contribution in [0, 0.1) is 18.8 Å². The summed E-state index contributed by atoms with van der Waals surface area (Å²) in [7, 11) is 0. The fraction of sp³-hybridized carbons (Fsp3) is 0.182. The molecule has 1 aliphatic carbocycles. The number of hydrogen-bond acceptors (Lipinski definition) is 6. The van der Waals surface area contributed by atoms with Crippen molar-refractivity contribution in [1.82, 2.24) is 15.0 Å². The molecule has 7 heteroatoms. The van der Waals surface area contributed by atoms with Crippen LogP contribution < -0.4 is 11.5 Å². The Morgan fingerprint density at radius 3 is 2.38 bits per heavy atom. The lowest BCUT2D eigenvalue weighted by Crippen LogP contribution is -2.19. The number of aliphatic carboxylic acids is 1. The summed E-state index contributed by atoms with van der Waals surface area (Å²) in [5.74, 6) is 5.97. The maximum Gasteiger partial charge on any atom is 0.314 e. The number of aryl methyl sites for hydroxylation is 1. The molecular weight excluding hydrogens is 366 g/mol. The zero-order chi connectivity index (χ0) is 20.6. The number of aromatic nitrogens is 3. The standard InChI is InChI=1S/C22H19N5O2/c1-13-17(8-2-14-3-9-18(23)25-12-14)19(27-21(24)26-13)15-4-6-16(7-5-15)22(10-11-22)20(28)29/h3-7,9,12H,10-11H2,1H3,(H2,23,25)(H,28,29)(H2,24,26,27). The lowest BCUT2D eigenvalue weighted by molar-refractivity contribution is -0.140. The number of nitrogens with two attached hydrogens (primary N) is 2. The number of pyridine rings is 1. The maximum absolute atomic E-state index is 11.6. The van der Waals surface area contributed by atoms with Crippen LogP contribution in [-0.2, 0) is 10.2 Å². The largest absolute Gasteiger partial charge is 0.481 e. The monoisotopic (exact) mass is 385 g/mol. The van der Waals surface area contributed by atoms with Crippen LogP contribution in [0.3, 0.4) is 0 Å². The molecule has 2 aromatic heterocycles. The zero-order valence-electron chi connectivity index (χ0n) is 15.8. The Kier molecular flexibility index (Phi) is 4.40. The molecule has 0 atom stereocenters. The lowest BCUT2D eigenvalue weighted by Gasteiger charge is -2.12. The molecule has 5 N–H and O–H groups in total. The lowest BCUT2D eigenvalue weighted by atomic mass is 9.94. The van der Waals surface area contributed by atoms with E-state index in [2.05, 4.69) is 26.8 Å². The van der Waals surface area contributed by atoms with Gasteiger partial charge in [0.25, 0.3) is 0 Å². The first-order valence-electron chi connectivity index (χ1n) is 9.11. The zero-order valence-corrected chi connectivity index (χ0v) is 15.8. The minimum absolute atomic E-state index is 0.158. The van der Waals surface area contributed by atoms with Gasteiger partial charge in [-0.15, -0.1) is 0 Å². The van der Waals surface area contributed by atoms with Gasteiger partial charge in [-0.25, -0.2) is 15.0 Å². The summed E-state index contributed by atoms with van der Waals surface area (Å²) in [4.78, 5) is 24.2. The van der Waals surface area contributed by atoms with Crippen molar-refractivity contribution >= 4 is 17.7 Å². The Morgan fingerprint density at radius 1 is 1.07 bits per heavy atom. The predicted molar refractivity (Wildman–Crippen MR) is 110 cm³/mol. The molecule has 1 fully saturated rings. The second-order valence-electron chi connectivity index (χ2n) is 7.08. The van der Waals surface area contributed by atoms with Crippen molar-refractivity contribution in [3.8, 4) is 23.1 Å². The molecule has 0 radical (unpaired) electrons. The van der Waals surface area contributed by atoms with Gasteiger partial charge >= 0.3 is 5.97 Å². The number of benzene rings is 1. The van der Waals surface area contributed by atoms with Gasteiger partial charge in [0.1, 0.15) is 5.82 Å². The van der Waals surface area contributed by atoms with Crippen molar-refractivity contribution in [2.45, 2.75) is 25.2 Å². The first-order chi connectivity index (χ1) is 13.9. The van der Waals surface area contributed by atoms with E-state index in [1.165, 1.54) is 0 Å². The molecule has 1 aromatic carbocycles. The number of carboxylic acid groups (broad SMARTS) is 1. The van der Waals surface area contributed by atoms with Gasteiger partial charge < -0.3 is 16.6 Å². The summed E-state index contributed by atoms with van der Waals surface area (Å²) in [5, 5.41) is 9.49. The third-order valence-corrected chi connectivity index (χ3v) is 5.10. The van der Waals surface area contributed by atoms with Gasteiger partial charge in [0.2, 0.25) is 5.95 Å². The van der Waals surface area contributed by atoms with Gasteiger partial charge in [-0.05, 0) is 37.5 Å². The van der Waals surface area contributed by atoms with Crippen molar-refractivity contribution in [2.75, 3.05) is 11.5 Å². The number of nitrogen functional groups attached to an aromatic ring is 2. The van der Waals surface area contributed by atoms with E-state index in [-0.39, 0.29) is 5.95 Å². The van der Waals surface area contributed by atoms with Crippen molar-refractivity contribution in [2.24, 2.45) is 0 Å². The van der Waals surface area contributed by atoms with E-state index in [4.69, 9.17) is 11.5 Å². The van der Waals surface area contributed by atoms with Crippen LogP contribution in [0.4, 0.5) is 11.8 Å². The quantitative estimate of drug-likeness (QED) is 0.591. The molecule has 0 unspecified atom stereocenters. The molecule has 0 aliphatic heterocycles. The molecule has 7 nitrogen and oxygen atoms in total. The topological polar surface area (TPSA) is 128 Å². The third kappa shape index (κ3) is 3.48. The summed E-state index contributed by atoms with van der Waals surface area (Å²) in [6, 6.07) is 10.9. The number of rotatable bonds is 3. The van der Waals surface area contributed by atoms with Crippen LogP contribution >= 0.6 is 0 Å². The van der Waals surface area contributed by atoms with E-state index < -0.39 is 11.4 Å². The molecule has 0 saturated heterocycles. The Hall–Kier alpha value is -3.92. The molecule has 3 aromatic rings. The van der Waals surface area contributed by atoms with Gasteiger partial charge in [0.05, 0.1) is 22.4 Å². The van der Waals surface area contributed by atoms with E-state index in [0.29, 0.717) is 41.2 Å². The first kappa shape index (κ1) is 18.4. The maximum atomic E-state index is 11.6. The summed E-state index contributed by atoms with van der Waals surface area (Å²) in [6.07, 6.45) is 2.92. The second-order valence-corrected chi connectivity index (χ2v) is 7.08. The van der Waals surface area contributed by atoms with Gasteiger partial charge in [-0.3, -0.25) is 4.79 Å². The Bertz CT molecular complexity index is 1150. The second kappa shape index (κ2) is 6.91. The van der Waals surface area contributed by atoms with Crippen LogP contribution in [0.5, 0.6) is 0 Å². The van der Waals surface area contributed by atoms with E-state index >= 15 is 0 Å². The number of carboxylic acids is 1. The molecule has 4 rings (SSSR count). The predicted octanol–water partition coefficient (Wildman–Crippen LogP) is 2.53. The van der Waals surface area contributed by atoms with E-state index in [1.807, 2.05) is 31.2 Å². The third-order valence-electron chi connectivity index (χ3n) is 5.10. The van der Waals surface area contributed by atoms with Crippen LogP contribution in [0.2, 0.25) is 0 Å². The highest BCUT2D eigenvalue weighted by Gasteiger charge is 2.51. The first-order valence-corrected chi connectivity index (χ1v) is 9.11. The van der Waals surface area contributed by atoms with Gasteiger partial charge in [0, 0.05) is 17.3 Å². The van der Waals surface area contributed by atoms with Crippen LogP contribution in [0.15, 0.2) is 42.6 Å². The molecule has 1 saturated carbocycles. The number of anilines is 2. The highest BCUT2D eigenvalue weighted by atomic mass is 16.4. The summed E-state index contributed by atoms with van der Waals surface area (Å²) < 4.78 is 0. The Morgan fingerprint density at radius 2 is 1.79 bits per heavy atom. The van der Waals surface area contributed by atoms with Gasteiger partial charge in [-0.2, -0.15) is 0 Å². The number of nitrogens with zero attached hydrogens (tertiary/aromatic N) is 3. The molecular formula is C22H19N5O2. The normalized spacial score (nSPS) is 14.0. The Labute approximate surface area is 167 Å². The SMILES string of the molecule is Cc1nc(N)nc(-c2ccc(C3(C(=O)O)CC3)cc2)c1C#Cc1ccc(N)nc1. The summed E-state index contributed by atoms with van der Waals surface area (Å²) in [6.45, 7) is 1.82. The van der Waals surface area contributed by atoms with Gasteiger partial charge in [-0.1, -0.05) is 36.1 Å². The van der Waals surface area contributed by atoms with Crippen LogP contribution in [0.1, 0.15) is 35.2 Å². The minimum Gasteiger partial charge on any atom is -0.481 e. The molecule has 0 bridgehead atoms. The fourth-order valence-electron chi connectivity index (χ4n) is 3.27. The summed E-state index contributed by atoms with van der Waals surface area (Å²) in [5.41, 5.74) is 15.0.